The van der Waals surface area contributed by atoms with Crippen molar-refractivity contribution >= 4 is 63.5 Å². The maximum atomic E-state index is 12.6. The van der Waals surface area contributed by atoms with Crippen molar-refractivity contribution in [1.82, 2.24) is 4.90 Å². The van der Waals surface area contributed by atoms with Crippen molar-refractivity contribution in [2.24, 2.45) is 0 Å². The van der Waals surface area contributed by atoms with Crippen molar-refractivity contribution in [2.45, 2.75) is 0 Å². The Morgan fingerprint density at radius 3 is 2.73 bits per heavy atom. The second-order valence-corrected chi connectivity index (χ2v) is 7.50. The van der Waals surface area contributed by atoms with Gasteiger partial charge in [-0.15, -0.1) is 0 Å². The van der Waals surface area contributed by atoms with Crippen molar-refractivity contribution in [2.75, 3.05) is 11.9 Å². The van der Waals surface area contributed by atoms with E-state index in [1.165, 1.54) is 17.0 Å². The molecule has 2 aromatic rings. The number of thioether (sulfide) groups is 1. The summed E-state index contributed by atoms with van der Waals surface area (Å²) in [6.45, 7) is -0.182. The van der Waals surface area contributed by atoms with Gasteiger partial charge in [-0.25, -0.2) is 0 Å². The van der Waals surface area contributed by atoms with Gasteiger partial charge < -0.3 is 10.4 Å². The molecule has 1 heterocycles. The fourth-order valence-electron chi connectivity index (χ4n) is 2.28. The van der Waals surface area contributed by atoms with E-state index in [2.05, 4.69) is 5.32 Å². The third-order valence-corrected chi connectivity index (χ3v) is 5.12. The van der Waals surface area contributed by atoms with Crippen LogP contribution >= 0.6 is 35.6 Å². The van der Waals surface area contributed by atoms with Crippen LogP contribution in [0.15, 0.2) is 53.4 Å². The summed E-state index contributed by atoms with van der Waals surface area (Å²) in [6.07, 6.45) is 1.51. The van der Waals surface area contributed by atoms with E-state index in [1.807, 2.05) is 6.07 Å². The van der Waals surface area contributed by atoms with Crippen LogP contribution in [0.25, 0.3) is 6.08 Å². The molecule has 1 aliphatic rings. The van der Waals surface area contributed by atoms with Crippen LogP contribution in [-0.4, -0.2) is 32.7 Å². The highest BCUT2D eigenvalue weighted by atomic mass is 35.5. The van der Waals surface area contributed by atoms with Crippen molar-refractivity contribution in [3.8, 4) is 5.75 Å². The minimum atomic E-state index is -0.386. The Bertz CT molecular complexity index is 916. The average Bonchev–Trinajstić information content (AvgIpc) is 2.86. The maximum Gasteiger partial charge on any atom is 0.266 e. The zero-order valence-corrected chi connectivity index (χ0v) is 15.7. The first-order valence-electron chi connectivity index (χ1n) is 7.53. The topological polar surface area (TPSA) is 69.6 Å². The van der Waals surface area contributed by atoms with E-state index in [4.69, 9.17) is 23.8 Å². The van der Waals surface area contributed by atoms with Gasteiger partial charge in [-0.3, -0.25) is 14.5 Å². The Kier molecular flexibility index (Phi) is 5.61. The molecule has 26 heavy (non-hydrogen) atoms. The Labute approximate surface area is 164 Å². The first-order valence-corrected chi connectivity index (χ1v) is 9.13. The molecule has 132 valence electrons. The molecule has 0 unspecified atom stereocenters. The number of carbonyl (C=O) groups excluding carboxylic acids is 2. The van der Waals surface area contributed by atoms with Crippen molar-refractivity contribution < 1.29 is 14.7 Å². The number of anilines is 1. The smallest absolute Gasteiger partial charge is 0.266 e. The van der Waals surface area contributed by atoms with Crippen LogP contribution in [-0.2, 0) is 9.59 Å². The van der Waals surface area contributed by atoms with Crippen LogP contribution in [0.3, 0.4) is 0 Å². The number of para-hydroxylation sites is 1. The number of hydrogen-bond donors (Lipinski definition) is 2. The lowest BCUT2D eigenvalue weighted by atomic mass is 10.2. The number of thiocarbonyl (C=S) groups is 1. The number of halogens is 1. The van der Waals surface area contributed by atoms with E-state index in [0.29, 0.717) is 21.2 Å². The number of hydrogen-bond acceptors (Lipinski definition) is 5. The molecule has 0 aliphatic carbocycles. The van der Waals surface area contributed by atoms with E-state index < -0.39 is 0 Å². The number of nitrogens with zero attached hydrogens (tertiary/aromatic N) is 1. The normalized spacial score (nSPS) is 15.6. The summed E-state index contributed by atoms with van der Waals surface area (Å²) in [5, 5.41) is 13.0. The number of rotatable bonds is 4. The predicted molar refractivity (Wildman–Crippen MR) is 108 cm³/mol. The van der Waals surface area contributed by atoms with Gasteiger partial charge >= 0.3 is 0 Å². The molecule has 0 radical (unpaired) electrons. The van der Waals surface area contributed by atoms with Crippen molar-refractivity contribution in [1.29, 1.82) is 0 Å². The fourth-order valence-corrected chi connectivity index (χ4v) is 3.71. The van der Waals surface area contributed by atoms with Gasteiger partial charge in [-0.05, 0) is 36.4 Å². The highest BCUT2D eigenvalue weighted by molar-refractivity contribution is 8.26. The van der Waals surface area contributed by atoms with Gasteiger partial charge in [0.15, 0.2) is 0 Å². The van der Waals surface area contributed by atoms with Gasteiger partial charge in [-0.1, -0.05) is 53.8 Å². The first-order chi connectivity index (χ1) is 12.4. The molecule has 0 saturated carbocycles. The average molecular weight is 405 g/mol. The van der Waals surface area contributed by atoms with Crippen LogP contribution in [0.1, 0.15) is 5.56 Å². The molecular weight excluding hydrogens is 392 g/mol. The largest absolute Gasteiger partial charge is 0.507 e. The Morgan fingerprint density at radius 2 is 2.00 bits per heavy atom. The van der Waals surface area contributed by atoms with E-state index >= 15 is 0 Å². The second-order valence-electron chi connectivity index (χ2n) is 5.39. The van der Waals surface area contributed by atoms with E-state index in [9.17, 15) is 14.7 Å². The minimum Gasteiger partial charge on any atom is -0.507 e. The summed E-state index contributed by atoms with van der Waals surface area (Å²) in [6, 6.07) is 13.5. The van der Waals surface area contributed by atoms with E-state index in [1.54, 1.807) is 36.4 Å². The number of phenolic OH excluding ortho intramolecular Hbond substituents is 1. The molecule has 1 aliphatic heterocycles. The van der Waals surface area contributed by atoms with Crippen molar-refractivity contribution in [3.63, 3.8) is 0 Å². The molecular formula is C18H13ClN2O3S2. The second kappa shape index (κ2) is 7.90. The third-order valence-electron chi connectivity index (χ3n) is 3.51. The standard InChI is InChI=1S/C18H13ClN2O3S2/c19-12-6-7-14(22)11(8-12)9-15-17(24)21(18(25)26-15)10-16(23)20-13-4-2-1-3-5-13/h1-9,22H,10H2,(H,20,23)/b15-9-. The molecule has 0 atom stereocenters. The number of aromatic hydroxyl groups is 1. The summed E-state index contributed by atoms with van der Waals surface area (Å²) in [4.78, 5) is 26.3. The molecule has 0 aromatic heterocycles. The number of nitrogens with one attached hydrogen (secondary N) is 1. The van der Waals surface area contributed by atoms with Gasteiger partial charge in [0.2, 0.25) is 5.91 Å². The highest BCUT2D eigenvalue weighted by Crippen LogP contribution is 2.34. The Hall–Kier alpha value is -2.35. The molecule has 5 nitrogen and oxygen atoms in total. The first kappa shape index (κ1) is 18.4. The predicted octanol–water partition coefficient (Wildman–Crippen LogP) is 3.89. The summed E-state index contributed by atoms with van der Waals surface area (Å²) in [5.74, 6) is -0.733. The Morgan fingerprint density at radius 1 is 1.27 bits per heavy atom. The van der Waals surface area contributed by atoms with Gasteiger partial charge in [-0.2, -0.15) is 0 Å². The molecule has 2 amide bonds. The minimum absolute atomic E-state index is 0.00138. The molecule has 0 bridgehead atoms. The lowest BCUT2D eigenvalue weighted by Gasteiger charge is -2.14. The SMILES string of the molecule is O=C(CN1C(=O)/C(=C/c2cc(Cl)ccc2O)SC1=S)Nc1ccccc1. The lowest BCUT2D eigenvalue weighted by molar-refractivity contribution is -0.126. The molecule has 2 aromatic carbocycles. The maximum absolute atomic E-state index is 12.6. The molecule has 2 N–H and O–H groups in total. The van der Waals surface area contributed by atoms with Gasteiger partial charge in [0, 0.05) is 16.3 Å². The molecule has 1 saturated heterocycles. The lowest BCUT2D eigenvalue weighted by Crippen LogP contribution is -2.36. The van der Waals surface area contributed by atoms with Crippen LogP contribution in [0.4, 0.5) is 5.69 Å². The highest BCUT2D eigenvalue weighted by Gasteiger charge is 2.33. The van der Waals surface area contributed by atoms with Crippen LogP contribution < -0.4 is 5.32 Å². The summed E-state index contributed by atoms with van der Waals surface area (Å²) in [7, 11) is 0. The number of carbonyl (C=O) groups is 2. The number of benzene rings is 2. The summed E-state index contributed by atoms with van der Waals surface area (Å²) < 4.78 is 0.283. The quantitative estimate of drug-likeness (QED) is 0.597. The monoisotopic (exact) mass is 404 g/mol. The third kappa shape index (κ3) is 4.24. The molecule has 0 spiro atoms. The van der Waals surface area contributed by atoms with Gasteiger partial charge in [0.25, 0.3) is 5.91 Å². The van der Waals surface area contributed by atoms with Gasteiger partial charge in [0.1, 0.15) is 16.6 Å². The van der Waals surface area contributed by atoms with E-state index in [-0.39, 0.29) is 28.4 Å². The van der Waals surface area contributed by atoms with Crippen LogP contribution in [0.5, 0.6) is 5.75 Å². The summed E-state index contributed by atoms with van der Waals surface area (Å²) in [5.41, 5.74) is 1.05. The summed E-state index contributed by atoms with van der Waals surface area (Å²) >= 11 is 12.2. The van der Waals surface area contributed by atoms with Crippen LogP contribution in [0.2, 0.25) is 5.02 Å². The van der Waals surface area contributed by atoms with Crippen molar-refractivity contribution in [3.05, 3.63) is 64.0 Å². The zero-order valence-electron chi connectivity index (χ0n) is 13.3. The van der Waals surface area contributed by atoms with Gasteiger partial charge in [0.05, 0.1) is 4.91 Å². The Balaban J connectivity index is 1.73. The van der Waals surface area contributed by atoms with E-state index in [0.717, 1.165) is 11.8 Å². The molecule has 1 fully saturated rings. The molecule has 3 rings (SSSR count). The van der Waals surface area contributed by atoms with Crippen LogP contribution in [0, 0.1) is 0 Å². The zero-order chi connectivity index (χ0) is 18.7. The fraction of sp³-hybridized carbons (Fsp3) is 0.0556. The molecule has 8 heteroatoms. The number of amides is 2. The number of phenols is 1.